The highest BCUT2D eigenvalue weighted by atomic mass is 35.5. The van der Waals surface area contributed by atoms with Crippen LogP contribution in [0.1, 0.15) is 22.8 Å². The Hall–Kier alpha value is -3.71. The molecule has 0 unspecified atom stereocenters. The third-order valence-corrected chi connectivity index (χ3v) is 4.16. The van der Waals surface area contributed by atoms with Crippen LogP contribution in [0.15, 0.2) is 78.2 Å². The van der Waals surface area contributed by atoms with E-state index < -0.39 is 0 Å². The lowest BCUT2D eigenvalue weighted by Crippen LogP contribution is -2.20. The highest BCUT2D eigenvalue weighted by molar-refractivity contribution is 6.30. The van der Waals surface area contributed by atoms with Crippen molar-refractivity contribution >= 4 is 40.6 Å². The minimum absolute atomic E-state index is 0.338. The van der Waals surface area contributed by atoms with E-state index in [1.165, 1.54) is 6.20 Å². The average Bonchev–Trinajstić information content (AvgIpc) is 2.74. The van der Waals surface area contributed by atoms with Crippen molar-refractivity contribution < 1.29 is 9.59 Å². The number of nitrogens with one attached hydrogen (secondary N) is 3. The van der Waals surface area contributed by atoms with Crippen molar-refractivity contribution in [3.63, 3.8) is 0 Å². The summed E-state index contributed by atoms with van der Waals surface area (Å²) in [5, 5.41) is 10.2. The molecule has 0 aliphatic heterocycles. The molecule has 0 spiro atoms. The molecule has 8 heteroatoms. The van der Waals surface area contributed by atoms with Crippen molar-refractivity contribution in [2.45, 2.75) is 6.92 Å². The molecule has 0 aliphatic rings. The quantitative estimate of drug-likeness (QED) is 0.428. The second-order valence-electron chi connectivity index (χ2n) is 6.04. The first-order valence-corrected chi connectivity index (χ1v) is 9.08. The van der Waals surface area contributed by atoms with Crippen LogP contribution in [0.3, 0.4) is 0 Å². The van der Waals surface area contributed by atoms with E-state index in [0.717, 1.165) is 5.56 Å². The average molecular weight is 408 g/mol. The predicted octanol–water partition coefficient (Wildman–Crippen LogP) is 4.53. The summed E-state index contributed by atoms with van der Waals surface area (Å²) in [6, 6.07) is 16.9. The topological polar surface area (TPSA) is 95.5 Å². The van der Waals surface area contributed by atoms with E-state index in [4.69, 9.17) is 11.6 Å². The fourth-order valence-electron chi connectivity index (χ4n) is 2.38. The summed E-state index contributed by atoms with van der Waals surface area (Å²) in [6.45, 7) is 1.78. The Kier molecular flexibility index (Phi) is 6.55. The zero-order chi connectivity index (χ0) is 20.6. The monoisotopic (exact) mass is 407 g/mol. The molecular weight excluding hydrogens is 390 g/mol. The van der Waals surface area contributed by atoms with Gasteiger partial charge < -0.3 is 10.6 Å². The van der Waals surface area contributed by atoms with Crippen LogP contribution in [-0.2, 0) is 0 Å². The molecule has 2 aromatic carbocycles. The van der Waals surface area contributed by atoms with Gasteiger partial charge in [-0.1, -0.05) is 23.7 Å². The zero-order valence-electron chi connectivity index (χ0n) is 15.5. The van der Waals surface area contributed by atoms with Gasteiger partial charge >= 0.3 is 6.03 Å². The molecule has 7 nitrogen and oxygen atoms in total. The Morgan fingerprint density at radius 2 is 1.52 bits per heavy atom. The molecule has 0 bridgehead atoms. The van der Waals surface area contributed by atoms with E-state index in [1.807, 2.05) is 0 Å². The van der Waals surface area contributed by atoms with E-state index in [0.29, 0.717) is 27.7 Å². The molecule has 3 N–H and O–H groups in total. The zero-order valence-corrected chi connectivity index (χ0v) is 16.3. The molecule has 0 saturated carbocycles. The Morgan fingerprint density at radius 3 is 2.10 bits per heavy atom. The van der Waals surface area contributed by atoms with Crippen LogP contribution in [0.5, 0.6) is 0 Å². The highest BCUT2D eigenvalue weighted by Gasteiger charge is 2.06. The highest BCUT2D eigenvalue weighted by Crippen LogP contribution is 2.15. The molecule has 3 aromatic rings. The molecule has 0 radical (unpaired) electrons. The van der Waals surface area contributed by atoms with Crippen molar-refractivity contribution in [3.8, 4) is 0 Å². The summed E-state index contributed by atoms with van der Waals surface area (Å²) in [7, 11) is 0. The van der Waals surface area contributed by atoms with Crippen LogP contribution < -0.4 is 16.1 Å². The number of nitrogens with zero attached hydrogens (tertiary/aromatic N) is 2. The molecule has 146 valence electrons. The number of hydrazone groups is 1. The first-order valence-electron chi connectivity index (χ1n) is 8.70. The molecular formula is C21H18ClN5O2. The van der Waals surface area contributed by atoms with Crippen molar-refractivity contribution in [1.82, 2.24) is 10.4 Å². The van der Waals surface area contributed by atoms with Gasteiger partial charge in [0.2, 0.25) is 0 Å². The molecule has 0 aliphatic carbocycles. The Balaban J connectivity index is 1.56. The van der Waals surface area contributed by atoms with E-state index in [-0.39, 0.29) is 11.9 Å². The number of urea groups is 1. The maximum atomic E-state index is 12.1. The maximum absolute atomic E-state index is 12.1. The third kappa shape index (κ3) is 5.88. The number of amides is 3. The normalized spacial score (nSPS) is 10.9. The largest absolute Gasteiger partial charge is 0.323 e. The summed E-state index contributed by atoms with van der Waals surface area (Å²) in [4.78, 5) is 28.0. The summed E-state index contributed by atoms with van der Waals surface area (Å²) in [5.41, 5.74) is 5.60. The van der Waals surface area contributed by atoms with Gasteiger partial charge in [0.1, 0.15) is 0 Å². The molecule has 1 aromatic heterocycles. The standard InChI is InChI=1S/C21H18ClN5O2/c1-14(26-27-20(28)16-3-2-12-23-13-16)15-4-8-18(9-5-15)24-21(29)25-19-10-6-17(22)7-11-19/h2-13H,1H3,(H,27,28)(H2,24,25,29). The number of anilines is 2. The summed E-state index contributed by atoms with van der Waals surface area (Å²) < 4.78 is 0. The predicted molar refractivity (Wildman–Crippen MR) is 114 cm³/mol. The van der Waals surface area contributed by atoms with Crippen LogP contribution >= 0.6 is 11.6 Å². The SMILES string of the molecule is CC(=NNC(=O)c1cccnc1)c1ccc(NC(=O)Nc2ccc(Cl)cc2)cc1. The van der Waals surface area contributed by atoms with Crippen LogP contribution in [0.4, 0.5) is 16.2 Å². The number of carbonyl (C=O) groups excluding carboxylic acids is 2. The second kappa shape index (κ2) is 9.48. The van der Waals surface area contributed by atoms with Gasteiger partial charge in [-0.15, -0.1) is 0 Å². The number of benzene rings is 2. The fraction of sp³-hybridized carbons (Fsp3) is 0.0476. The summed E-state index contributed by atoms with van der Waals surface area (Å²) in [5.74, 6) is -0.338. The lowest BCUT2D eigenvalue weighted by molar-refractivity contribution is 0.0954. The second-order valence-corrected chi connectivity index (χ2v) is 6.48. The number of rotatable bonds is 5. The maximum Gasteiger partial charge on any atom is 0.323 e. The van der Waals surface area contributed by atoms with Crippen molar-refractivity contribution in [1.29, 1.82) is 0 Å². The molecule has 0 saturated heterocycles. The minimum Gasteiger partial charge on any atom is -0.308 e. The first kappa shape index (κ1) is 20.0. The van der Waals surface area contributed by atoms with Crippen LogP contribution in [-0.4, -0.2) is 22.6 Å². The molecule has 3 amide bonds. The molecule has 1 heterocycles. The van der Waals surface area contributed by atoms with Crippen molar-refractivity contribution in [3.05, 3.63) is 89.2 Å². The van der Waals surface area contributed by atoms with Crippen molar-refractivity contribution in [2.24, 2.45) is 5.10 Å². The van der Waals surface area contributed by atoms with Crippen molar-refractivity contribution in [2.75, 3.05) is 10.6 Å². The molecule has 0 fully saturated rings. The Labute approximate surface area is 172 Å². The number of halogens is 1. The summed E-state index contributed by atoms with van der Waals surface area (Å²) in [6.07, 6.45) is 3.06. The molecule has 3 rings (SSSR count). The number of hydrogen-bond donors (Lipinski definition) is 3. The van der Waals surface area contributed by atoms with Crippen LogP contribution in [0, 0.1) is 0 Å². The van der Waals surface area contributed by atoms with Gasteiger partial charge in [-0.25, -0.2) is 10.2 Å². The number of aromatic nitrogens is 1. The van der Waals surface area contributed by atoms with Gasteiger partial charge in [0.05, 0.1) is 11.3 Å². The number of pyridine rings is 1. The Morgan fingerprint density at radius 1 is 0.897 bits per heavy atom. The van der Waals surface area contributed by atoms with Gasteiger partial charge in [0, 0.05) is 28.8 Å². The smallest absolute Gasteiger partial charge is 0.308 e. The van der Waals surface area contributed by atoms with E-state index in [1.54, 1.807) is 73.8 Å². The fourth-order valence-corrected chi connectivity index (χ4v) is 2.51. The summed E-state index contributed by atoms with van der Waals surface area (Å²) >= 11 is 5.83. The van der Waals surface area contributed by atoms with Gasteiger partial charge in [-0.05, 0) is 61.0 Å². The van der Waals surface area contributed by atoms with Gasteiger partial charge in [0.15, 0.2) is 0 Å². The Bertz CT molecular complexity index is 1020. The third-order valence-electron chi connectivity index (χ3n) is 3.91. The molecule has 29 heavy (non-hydrogen) atoms. The number of carbonyl (C=O) groups is 2. The van der Waals surface area contributed by atoms with E-state index in [2.05, 4.69) is 26.1 Å². The van der Waals surface area contributed by atoms with Gasteiger partial charge in [-0.3, -0.25) is 9.78 Å². The molecule has 0 atom stereocenters. The lowest BCUT2D eigenvalue weighted by atomic mass is 10.1. The van der Waals surface area contributed by atoms with Crippen LogP contribution in [0.25, 0.3) is 0 Å². The lowest BCUT2D eigenvalue weighted by Gasteiger charge is -2.09. The van der Waals surface area contributed by atoms with Gasteiger partial charge in [-0.2, -0.15) is 5.10 Å². The van der Waals surface area contributed by atoms with E-state index in [9.17, 15) is 9.59 Å². The first-order chi connectivity index (χ1) is 14.0. The van der Waals surface area contributed by atoms with Crippen LogP contribution in [0.2, 0.25) is 5.02 Å². The van der Waals surface area contributed by atoms with E-state index >= 15 is 0 Å². The van der Waals surface area contributed by atoms with Gasteiger partial charge in [0.25, 0.3) is 5.91 Å². The number of hydrogen-bond acceptors (Lipinski definition) is 4. The minimum atomic E-state index is -0.366.